The van der Waals surface area contributed by atoms with Gasteiger partial charge in [0, 0.05) is 0 Å². The second kappa shape index (κ2) is 11.3. The Hall–Kier alpha value is -2.45. The number of ether oxygens (including phenoxy) is 5. The first-order valence-corrected chi connectivity index (χ1v) is 13.4. The molecule has 2 atom stereocenters. The third kappa shape index (κ3) is 5.44. The molecule has 3 rings (SSSR count). The summed E-state index contributed by atoms with van der Waals surface area (Å²) < 4.78 is 54.8. The van der Waals surface area contributed by atoms with Gasteiger partial charge in [-0.25, -0.2) is 8.42 Å². The zero-order valence-electron chi connectivity index (χ0n) is 21.0. The summed E-state index contributed by atoms with van der Waals surface area (Å²) in [6, 6.07) is 7.53. The minimum absolute atomic E-state index is 0.0813. The van der Waals surface area contributed by atoms with Gasteiger partial charge in [0.05, 0.1) is 45.9 Å². The Labute approximate surface area is 203 Å². The topological polar surface area (TPSA) is 80.3 Å². The van der Waals surface area contributed by atoms with Gasteiger partial charge in [-0.05, 0) is 73.6 Å². The van der Waals surface area contributed by atoms with Gasteiger partial charge in [0.15, 0.2) is 21.3 Å². The van der Waals surface area contributed by atoms with Gasteiger partial charge in [-0.3, -0.25) is 0 Å². The van der Waals surface area contributed by atoms with E-state index >= 15 is 0 Å². The largest absolute Gasteiger partial charge is 0.493 e. The van der Waals surface area contributed by atoms with E-state index in [1.54, 1.807) is 27.4 Å². The van der Waals surface area contributed by atoms with Crippen LogP contribution in [-0.2, 0) is 14.6 Å². The second-order valence-electron chi connectivity index (χ2n) is 8.48. The van der Waals surface area contributed by atoms with Gasteiger partial charge in [0.25, 0.3) is 0 Å². The number of methoxy groups -OCH3 is 3. The van der Waals surface area contributed by atoms with Crippen LogP contribution >= 0.6 is 0 Å². The minimum atomic E-state index is -3.46. The van der Waals surface area contributed by atoms with Crippen molar-refractivity contribution in [1.29, 1.82) is 0 Å². The fraction of sp³-hybridized carbons (Fsp3) is 0.538. The van der Waals surface area contributed by atoms with Crippen LogP contribution in [0, 0.1) is 6.92 Å². The van der Waals surface area contributed by atoms with Crippen LogP contribution in [0.25, 0.3) is 0 Å². The van der Waals surface area contributed by atoms with Crippen LogP contribution in [0.2, 0.25) is 0 Å². The lowest BCUT2D eigenvalue weighted by molar-refractivity contribution is 0.0436. The van der Waals surface area contributed by atoms with Crippen molar-refractivity contribution in [3.05, 3.63) is 41.0 Å². The second-order valence-corrected chi connectivity index (χ2v) is 10.6. The molecule has 0 spiro atoms. The highest BCUT2D eigenvalue weighted by molar-refractivity contribution is 7.91. The maximum Gasteiger partial charge on any atom is 0.203 e. The van der Waals surface area contributed by atoms with E-state index < -0.39 is 9.84 Å². The van der Waals surface area contributed by atoms with Gasteiger partial charge in [0.1, 0.15) is 10.6 Å². The molecule has 0 saturated carbocycles. The summed E-state index contributed by atoms with van der Waals surface area (Å²) in [6.45, 7) is 6.23. The molecule has 7 nitrogen and oxygen atoms in total. The predicted molar refractivity (Wildman–Crippen MR) is 131 cm³/mol. The first kappa shape index (κ1) is 26.2. The molecule has 0 N–H and O–H groups in total. The van der Waals surface area contributed by atoms with Crippen LogP contribution in [0.4, 0.5) is 0 Å². The molecule has 34 heavy (non-hydrogen) atoms. The van der Waals surface area contributed by atoms with E-state index in [1.165, 1.54) is 0 Å². The number of hydrogen-bond donors (Lipinski definition) is 0. The molecule has 1 saturated heterocycles. The van der Waals surface area contributed by atoms with Crippen molar-refractivity contribution in [2.45, 2.75) is 63.6 Å². The van der Waals surface area contributed by atoms with Gasteiger partial charge in [-0.15, -0.1) is 0 Å². The van der Waals surface area contributed by atoms with E-state index in [-0.39, 0.29) is 22.9 Å². The highest BCUT2D eigenvalue weighted by Gasteiger charge is 2.31. The zero-order chi connectivity index (χ0) is 24.9. The molecule has 0 bridgehead atoms. The van der Waals surface area contributed by atoms with Gasteiger partial charge in [-0.2, -0.15) is 0 Å². The molecule has 2 aromatic carbocycles. The van der Waals surface area contributed by atoms with Crippen LogP contribution in [0.3, 0.4) is 0 Å². The van der Waals surface area contributed by atoms with Crippen molar-refractivity contribution in [2.24, 2.45) is 0 Å². The Balaban J connectivity index is 1.95. The van der Waals surface area contributed by atoms with Crippen LogP contribution in [-0.4, -0.2) is 42.1 Å². The number of hydrogen-bond acceptors (Lipinski definition) is 7. The summed E-state index contributed by atoms with van der Waals surface area (Å²) in [6.07, 6.45) is 2.50. The molecule has 1 aliphatic heterocycles. The predicted octanol–water partition coefficient (Wildman–Crippen LogP) is 5.59. The Kier molecular flexibility index (Phi) is 8.71. The standard InChI is InChI=1S/C26H36O7S/c1-7-11-32-25-17(3)13-18(16-24(25)34(27,28)12-8-2)20-9-10-21(33-20)19-14-22(29-4)26(31-6)23(15-19)30-5/h13-16,20-21H,7-12H2,1-6H3/t20-,21-/m0/s1. The van der Waals surface area contributed by atoms with Crippen molar-refractivity contribution in [2.75, 3.05) is 33.7 Å². The van der Waals surface area contributed by atoms with Crippen LogP contribution in [0.1, 0.15) is 68.4 Å². The average Bonchev–Trinajstić information content (AvgIpc) is 3.32. The van der Waals surface area contributed by atoms with Crippen molar-refractivity contribution in [3.63, 3.8) is 0 Å². The van der Waals surface area contributed by atoms with E-state index in [0.29, 0.717) is 36.0 Å². The molecular weight excluding hydrogens is 456 g/mol. The number of benzene rings is 2. The highest BCUT2D eigenvalue weighted by atomic mass is 32.2. The SMILES string of the molecule is CCCOc1c(C)cc([C@@H]2CC[C@@H](c3cc(OC)c(OC)c(OC)c3)O2)cc1S(=O)(=O)CCC. The molecule has 188 valence electrons. The summed E-state index contributed by atoms with van der Waals surface area (Å²) in [4.78, 5) is 0.262. The van der Waals surface area contributed by atoms with E-state index in [4.69, 9.17) is 23.7 Å². The van der Waals surface area contributed by atoms with Gasteiger partial charge < -0.3 is 23.7 Å². The normalized spacial score (nSPS) is 18.1. The third-order valence-electron chi connectivity index (χ3n) is 5.97. The molecule has 2 aromatic rings. The fourth-order valence-electron chi connectivity index (χ4n) is 4.37. The molecule has 0 aromatic heterocycles. The maximum atomic E-state index is 13.1. The summed E-state index contributed by atoms with van der Waals surface area (Å²) >= 11 is 0. The molecular formula is C26H36O7S. The maximum absolute atomic E-state index is 13.1. The lowest BCUT2D eigenvalue weighted by Gasteiger charge is -2.20. The summed E-state index contributed by atoms with van der Waals surface area (Å²) in [5.74, 6) is 2.22. The summed E-state index contributed by atoms with van der Waals surface area (Å²) in [5.41, 5.74) is 2.59. The molecule has 1 fully saturated rings. The quantitative estimate of drug-likeness (QED) is 0.405. The van der Waals surface area contributed by atoms with Crippen molar-refractivity contribution in [3.8, 4) is 23.0 Å². The molecule has 0 unspecified atom stereocenters. The zero-order valence-corrected chi connectivity index (χ0v) is 21.8. The van der Waals surface area contributed by atoms with Gasteiger partial charge in [-0.1, -0.05) is 13.8 Å². The first-order chi connectivity index (χ1) is 16.3. The van der Waals surface area contributed by atoms with Crippen LogP contribution < -0.4 is 18.9 Å². The lowest BCUT2D eigenvalue weighted by atomic mass is 10.0. The van der Waals surface area contributed by atoms with Gasteiger partial charge in [0.2, 0.25) is 5.75 Å². The smallest absolute Gasteiger partial charge is 0.203 e. The minimum Gasteiger partial charge on any atom is -0.493 e. The monoisotopic (exact) mass is 492 g/mol. The highest BCUT2D eigenvalue weighted by Crippen LogP contribution is 2.47. The Morgan fingerprint density at radius 3 is 1.94 bits per heavy atom. The Bertz CT molecular complexity index is 1070. The van der Waals surface area contributed by atoms with Gasteiger partial charge >= 0.3 is 0 Å². The Morgan fingerprint density at radius 1 is 0.853 bits per heavy atom. The van der Waals surface area contributed by atoms with E-state index in [0.717, 1.165) is 36.0 Å². The van der Waals surface area contributed by atoms with Crippen LogP contribution in [0.5, 0.6) is 23.0 Å². The molecule has 1 aliphatic rings. The van der Waals surface area contributed by atoms with E-state index in [1.807, 2.05) is 39.0 Å². The van der Waals surface area contributed by atoms with Crippen molar-refractivity contribution < 1.29 is 32.1 Å². The Morgan fingerprint density at radius 2 is 1.44 bits per heavy atom. The number of aryl methyl sites for hydroxylation is 1. The fourth-order valence-corrected chi connectivity index (χ4v) is 5.94. The molecule has 0 amide bonds. The lowest BCUT2D eigenvalue weighted by Crippen LogP contribution is -2.12. The third-order valence-corrected chi connectivity index (χ3v) is 7.89. The van der Waals surface area contributed by atoms with Crippen LogP contribution in [0.15, 0.2) is 29.2 Å². The molecule has 1 heterocycles. The van der Waals surface area contributed by atoms with Crippen molar-refractivity contribution >= 4 is 9.84 Å². The van der Waals surface area contributed by atoms with E-state index in [2.05, 4.69) is 0 Å². The molecule has 0 aliphatic carbocycles. The number of rotatable bonds is 11. The summed E-state index contributed by atoms with van der Waals surface area (Å²) in [5, 5.41) is 0. The average molecular weight is 493 g/mol. The van der Waals surface area contributed by atoms with Crippen molar-refractivity contribution in [1.82, 2.24) is 0 Å². The first-order valence-electron chi connectivity index (χ1n) is 11.7. The number of sulfone groups is 1. The summed E-state index contributed by atoms with van der Waals surface area (Å²) in [7, 11) is 1.28. The molecule has 8 heteroatoms. The van der Waals surface area contributed by atoms with E-state index in [9.17, 15) is 8.42 Å². The molecule has 0 radical (unpaired) electrons.